The lowest BCUT2D eigenvalue weighted by molar-refractivity contribution is -0.159. The number of hydrogen-bond acceptors (Lipinski definition) is 5. The summed E-state index contributed by atoms with van der Waals surface area (Å²) in [5.74, 6) is -1.47. The molecule has 0 unspecified atom stereocenters. The Morgan fingerprint density at radius 1 is 0.920 bits per heavy atom. The van der Waals surface area contributed by atoms with Gasteiger partial charge < -0.3 is 4.52 Å². The molecule has 2 aromatic heterocycles. The maximum atomic E-state index is 12.5. The molecule has 0 aliphatic heterocycles. The summed E-state index contributed by atoms with van der Waals surface area (Å²) in [5, 5.41) is 12.1. The molecule has 0 N–H and O–H groups in total. The highest BCUT2D eigenvalue weighted by atomic mass is 19.4. The van der Waals surface area contributed by atoms with Crippen molar-refractivity contribution in [2.45, 2.75) is 12.7 Å². The Morgan fingerprint density at radius 2 is 1.56 bits per heavy atom. The minimum atomic E-state index is -4.65. The standard InChI is InChI=1S/C16H10F3N5O/c17-16(18,19)15-20-14(23-25-15)11-7-5-10(6-8-11)9-24-21-12-3-1-2-4-13(12)22-24/h1-8H,9H2. The van der Waals surface area contributed by atoms with Crippen molar-refractivity contribution in [1.29, 1.82) is 0 Å². The molecule has 0 atom stereocenters. The third-order valence-electron chi connectivity index (χ3n) is 3.53. The van der Waals surface area contributed by atoms with Gasteiger partial charge in [-0.05, 0) is 17.7 Å². The Balaban J connectivity index is 1.54. The molecule has 126 valence electrons. The third-order valence-corrected chi connectivity index (χ3v) is 3.53. The van der Waals surface area contributed by atoms with Crippen molar-refractivity contribution in [3.8, 4) is 11.4 Å². The highest BCUT2D eigenvalue weighted by Gasteiger charge is 2.38. The van der Waals surface area contributed by atoms with Crippen LogP contribution in [-0.4, -0.2) is 25.1 Å². The van der Waals surface area contributed by atoms with Crippen LogP contribution in [0.15, 0.2) is 53.1 Å². The van der Waals surface area contributed by atoms with Gasteiger partial charge in [-0.1, -0.05) is 41.6 Å². The van der Waals surface area contributed by atoms with Crippen LogP contribution < -0.4 is 0 Å². The van der Waals surface area contributed by atoms with Crippen molar-refractivity contribution < 1.29 is 17.7 Å². The van der Waals surface area contributed by atoms with Crippen LogP contribution in [0, 0.1) is 0 Å². The van der Waals surface area contributed by atoms with Crippen molar-refractivity contribution in [3.63, 3.8) is 0 Å². The number of halogens is 3. The summed E-state index contributed by atoms with van der Waals surface area (Å²) in [6.45, 7) is 0.439. The van der Waals surface area contributed by atoms with Gasteiger partial charge in [0.15, 0.2) is 0 Å². The van der Waals surface area contributed by atoms with E-state index in [1.165, 1.54) is 0 Å². The normalized spacial score (nSPS) is 12.0. The second-order valence-electron chi connectivity index (χ2n) is 5.34. The molecule has 0 spiro atoms. The fourth-order valence-electron chi connectivity index (χ4n) is 2.35. The van der Waals surface area contributed by atoms with E-state index in [4.69, 9.17) is 0 Å². The Bertz CT molecular complexity index is 987. The minimum Gasteiger partial charge on any atom is -0.329 e. The van der Waals surface area contributed by atoms with Crippen molar-refractivity contribution in [1.82, 2.24) is 25.1 Å². The van der Waals surface area contributed by atoms with E-state index in [-0.39, 0.29) is 5.82 Å². The fraction of sp³-hybridized carbons (Fsp3) is 0.125. The maximum absolute atomic E-state index is 12.5. The Labute approximate surface area is 138 Å². The fourth-order valence-corrected chi connectivity index (χ4v) is 2.35. The van der Waals surface area contributed by atoms with Crippen LogP contribution in [0.5, 0.6) is 0 Å². The third kappa shape index (κ3) is 3.08. The molecule has 2 heterocycles. The van der Waals surface area contributed by atoms with E-state index in [1.807, 2.05) is 24.3 Å². The molecule has 0 bridgehead atoms. The van der Waals surface area contributed by atoms with Gasteiger partial charge in [-0.25, -0.2) is 0 Å². The Hall–Kier alpha value is -3.23. The maximum Gasteiger partial charge on any atom is 0.471 e. The van der Waals surface area contributed by atoms with Crippen LogP contribution in [0.4, 0.5) is 13.2 Å². The zero-order chi connectivity index (χ0) is 17.4. The number of rotatable bonds is 3. The van der Waals surface area contributed by atoms with Crippen LogP contribution in [0.1, 0.15) is 11.5 Å². The topological polar surface area (TPSA) is 69.6 Å². The smallest absolute Gasteiger partial charge is 0.329 e. The average molecular weight is 345 g/mol. The lowest BCUT2D eigenvalue weighted by atomic mass is 10.1. The van der Waals surface area contributed by atoms with Gasteiger partial charge in [0.1, 0.15) is 11.0 Å². The summed E-state index contributed by atoms with van der Waals surface area (Å²) in [4.78, 5) is 4.93. The first kappa shape index (κ1) is 15.3. The molecule has 0 saturated heterocycles. The lowest BCUT2D eigenvalue weighted by Gasteiger charge is -2.01. The van der Waals surface area contributed by atoms with Crippen molar-refractivity contribution >= 4 is 11.0 Å². The van der Waals surface area contributed by atoms with E-state index in [2.05, 4.69) is 24.9 Å². The van der Waals surface area contributed by atoms with Crippen molar-refractivity contribution in [2.75, 3.05) is 0 Å². The summed E-state index contributed by atoms with van der Waals surface area (Å²) < 4.78 is 41.7. The molecule has 2 aromatic carbocycles. The SMILES string of the molecule is FC(F)(F)c1nc(-c2ccc(Cn3nc4ccccc4n3)cc2)no1. The molecular formula is C16H10F3N5O. The van der Waals surface area contributed by atoms with Gasteiger partial charge in [-0.3, -0.25) is 0 Å². The van der Waals surface area contributed by atoms with Crippen LogP contribution in [-0.2, 0) is 12.7 Å². The highest BCUT2D eigenvalue weighted by molar-refractivity contribution is 5.73. The summed E-state index contributed by atoms with van der Waals surface area (Å²) in [7, 11) is 0. The monoisotopic (exact) mass is 345 g/mol. The van der Waals surface area contributed by atoms with Gasteiger partial charge in [-0.2, -0.15) is 33.1 Å². The average Bonchev–Trinajstić information content (AvgIpc) is 3.21. The van der Waals surface area contributed by atoms with E-state index in [0.29, 0.717) is 12.1 Å². The molecule has 4 rings (SSSR count). The summed E-state index contributed by atoms with van der Waals surface area (Å²) in [6, 6.07) is 14.3. The van der Waals surface area contributed by atoms with E-state index in [1.54, 1.807) is 29.1 Å². The Morgan fingerprint density at radius 3 is 2.12 bits per heavy atom. The van der Waals surface area contributed by atoms with Gasteiger partial charge in [0.2, 0.25) is 5.82 Å². The number of alkyl halides is 3. The number of hydrogen-bond donors (Lipinski definition) is 0. The molecule has 0 saturated carbocycles. The quantitative estimate of drug-likeness (QED) is 0.568. The second kappa shape index (κ2) is 5.69. The molecule has 0 aliphatic carbocycles. The summed E-state index contributed by atoms with van der Waals surface area (Å²) >= 11 is 0. The molecular weight excluding hydrogens is 335 g/mol. The number of fused-ring (bicyclic) bond motifs is 1. The van der Waals surface area contributed by atoms with Gasteiger partial charge in [0, 0.05) is 5.56 Å². The number of nitrogens with zero attached hydrogens (tertiary/aromatic N) is 5. The lowest BCUT2D eigenvalue weighted by Crippen LogP contribution is -2.05. The van der Waals surface area contributed by atoms with Gasteiger partial charge >= 0.3 is 12.1 Å². The molecule has 4 aromatic rings. The largest absolute Gasteiger partial charge is 0.471 e. The van der Waals surface area contributed by atoms with Crippen molar-refractivity contribution in [3.05, 3.63) is 60.0 Å². The molecule has 0 radical (unpaired) electrons. The highest BCUT2D eigenvalue weighted by Crippen LogP contribution is 2.29. The molecule has 0 fully saturated rings. The van der Waals surface area contributed by atoms with E-state index in [0.717, 1.165) is 16.6 Å². The first-order valence-corrected chi connectivity index (χ1v) is 7.29. The number of benzene rings is 2. The summed E-state index contributed by atoms with van der Waals surface area (Å²) in [5.41, 5.74) is 2.92. The zero-order valence-corrected chi connectivity index (χ0v) is 12.6. The van der Waals surface area contributed by atoms with E-state index < -0.39 is 12.1 Å². The number of aromatic nitrogens is 5. The first-order chi connectivity index (χ1) is 12.0. The molecule has 9 heteroatoms. The predicted octanol–water partition coefficient (Wildman–Crippen LogP) is 3.55. The van der Waals surface area contributed by atoms with Crippen LogP contribution in [0.2, 0.25) is 0 Å². The minimum absolute atomic E-state index is 0.109. The molecule has 0 amide bonds. The van der Waals surface area contributed by atoms with Crippen molar-refractivity contribution in [2.24, 2.45) is 0 Å². The van der Waals surface area contributed by atoms with Crippen LogP contribution in [0.3, 0.4) is 0 Å². The van der Waals surface area contributed by atoms with E-state index >= 15 is 0 Å². The van der Waals surface area contributed by atoms with Gasteiger partial charge in [0.25, 0.3) is 0 Å². The molecule has 6 nitrogen and oxygen atoms in total. The van der Waals surface area contributed by atoms with Crippen LogP contribution >= 0.6 is 0 Å². The molecule has 0 aliphatic rings. The summed E-state index contributed by atoms with van der Waals surface area (Å²) in [6.07, 6.45) is -4.65. The van der Waals surface area contributed by atoms with Gasteiger partial charge in [0.05, 0.1) is 6.54 Å². The first-order valence-electron chi connectivity index (χ1n) is 7.29. The van der Waals surface area contributed by atoms with E-state index in [9.17, 15) is 13.2 Å². The molecule has 25 heavy (non-hydrogen) atoms. The van der Waals surface area contributed by atoms with Crippen LogP contribution in [0.25, 0.3) is 22.4 Å². The second-order valence-corrected chi connectivity index (χ2v) is 5.34. The Kier molecular flexibility index (Phi) is 3.48. The predicted molar refractivity (Wildman–Crippen MR) is 81.4 cm³/mol. The van der Waals surface area contributed by atoms with Gasteiger partial charge in [-0.15, -0.1) is 0 Å². The zero-order valence-electron chi connectivity index (χ0n) is 12.6.